The van der Waals surface area contributed by atoms with Crippen molar-refractivity contribution in [3.63, 3.8) is 0 Å². The van der Waals surface area contributed by atoms with E-state index < -0.39 is 0 Å². The van der Waals surface area contributed by atoms with E-state index in [1.807, 2.05) is 32.0 Å². The number of hydrogen-bond acceptors (Lipinski definition) is 5. The fourth-order valence-electron chi connectivity index (χ4n) is 3.20. The zero-order valence-corrected chi connectivity index (χ0v) is 20.0. The number of halogens is 1. The highest BCUT2D eigenvalue weighted by molar-refractivity contribution is 14.0. The van der Waals surface area contributed by atoms with Gasteiger partial charge in [0, 0.05) is 30.6 Å². The van der Waals surface area contributed by atoms with Gasteiger partial charge in [0.25, 0.3) is 0 Å². The maximum atomic E-state index is 5.48. The molecule has 2 aromatic rings. The number of hydrogen-bond donors (Lipinski definition) is 2. The lowest BCUT2D eigenvalue weighted by Gasteiger charge is -2.22. The highest BCUT2D eigenvalue weighted by Gasteiger charge is 2.18. The summed E-state index contributed by atoms with van der Waals surface area (Å²) in [5, 5.41) is 10.8. The Hall–Kier alpha value is -1.97. The van der Waals surface area contributed by atoms with Crippen LogP contribution >= 0.6 is 24.0 Å². The van der Waals surface area contributed by atoms with Crippen molar-refractivity contribution in [2.24, 2.45) is 4.99 Å². The predicted octanol–water partition coefficient (Wildman–Crippen LogP) is 3.96. The van der Waals surface area contributed by atoms with E-state index in [2.05, 4.69) is 34.6 Å². The molecule has 0 radical (unpaired) electrons. The first kappa shape index (κ1) is 24.1. The van der Waals surface area contributed by atoms with Gasteiger partial charge in [-0.25, -0.2) is 0 Å². The van der Waals surface area contributed by atoms with E-state index >= 15 is 0 Å². The Kier molecular flexibility index (Phi) is 9.57. The van der Waals surface area contributed by atoms with Crippen LogP contribution in [-0.2, 0) is 0 Å². The van der Waals surface area contributed by atoms with Crippen molar-refractivity contribution in [1.29, 1.82) is 0 Å². The number of ether oxygens (including phenoxy) is 2. The lowest BCUT2D eigenvalue weighted by atomic mass is 10.00. The van der Waals surface area contributed by atoms with Crippen LogP contribution in [0.1, 0.15) is 48.4 Å². The van der Waals surface area contributed by atoms with Crippen LogP contribution < -0.4 is 20.1 Å². The molecule has 156 valence electrons. The molecule has 0 saturated heterocycles. The smallest absolute Gasteiger partial charge is 0.191 e. The second-order valence-corrected chi connectivity index (χ2v) is 6.57. The van der Waals surface area contributed by atoms with Crippen molar-refractivity contribution < 1.29 is 14.0 Å². The fraction of sp³-hybridized carbons (Fsp3) is 0.500. The van der Waals surface area contributed by atoms with Gasteiger partial charge < -0.3 is 24.6 Å². The Labute approximate surface area is 184 Å². The summed E-state index contributed by atoms with van der Waals surface area (Å²) in [4.78, 5) is 4.33. The molecular weight excluding hydrogens is 471 g/mol. The Balaban J connectivity index is 0.00000392. The van der Waals surface area contributed by atoms with Gasteiger partial charge in [0.15, 0.2) is 5.96 Å². The third kappa shape index (κ3) is 5.76. The van der Waals surface area contributed by atoms with Gasteiger partial charge in [-0.05, 0) is 39.0 Å². The minimum absolute atomic E-state index is 0. The lowest BCUT2D eigenvalue weighted by Crippen LogP contribution is -2.40. The highest BCUT2D eigenvalue weighted by atomic mass is 127. The Morgan fingerprint density at radius 1 is 1.21 bits per heavy atom. The normalized spacial score (nSPS) is 13.3. The molecule has 7 nitrogen and oxygen atoms in total. The second kappa shape index (κ2) is 11.1. The summed E-state index contributed by atoms with van der Waals surface area (Å²) in [7, 11) is 5.07. The molecule has 28 heavy (non-hydrogen) atoms. The quantitative estimate of drug-likeness (QED) is 0.339. The summed E-state index contributed by atoms with van der Waals surface area (Å²) in [6.45, 7) is 8.82. The van der Waals surface area contributed by atoms with Gasteiger partial charge in [-0.15, -0.1) is 24.0 Å². The summed E-state index contributed by atoms with van der Waals surface area (Å²) in [6, 6.07) is 5.74. The molecule has 0 aliphatic heterocycles. The first-order chi connectivity index (χ1) is 12.9. The molecule has 0 saturated carbocycles. The van der Waals surface area contributed by atoms with Crippen molar-refractivity contribution in [1.82, 2.24) is 15.8 Å². The van der Waals surface area contributed by atoms with Crippen LogP contribution in [0.25, 0.3) is 0 Å². The van der Waals surface area contributed by atoms with Gasteiger partial charge in [-0.3, -0.25) is 4.99 Å². The van der Waals surface area contributed by atoms with Gasteiger partial charge in [-0.1, -0.05) is 12.1 Å². The van der Waals surface area contributed by atoms with Gasteiger partial charge in [-0.2, -0.15) is 0 Å². The summed E-state index contributed by atoms with van der Waals surface area (Å²) < 4.78 is 16.1. The third-order valence-corrected chi connectivity index (χ3v) is 4.64. The maximum absolute atomic E-state index is 5.48. The molecule has 1 aromatic heterocycles. The van der Waals surface area contributed by atoms with Crippen molar-refractivity contribution in [3.05, 3.63) is 40.8 Å². The number of nitrogens with one attached hydrogen (secondary N) is 2. The molecule has 2 rings (SSSR count). The molecule has 0 bridgehead atoms. The lowest BCUT2D eigenvalue weighted by molar-refractivity contribution is 0.391. The minimum Gasteiger partial charge on any atom is -0.497 e. The molecule has 2 N–H and O–H groups in total. The molecule has 1 aromatic carbocycles. The van der Waals surface area contributed by atoms with Crippen LogP contribution in [0, 0.1) is 13.8 Å². The van der Waals surface area contributed by atoms with Crippen molar-refractivity contribution >= 4 is 29.9 Å². The molecule has 2 atom stereocenters. The van der Waals surface area contributed by atoms with Gasteiger partial charge >= 0.3 is 0 Å². The average molecular weight is 502 g/mol. The van der Waals surface area contributed by atoms with Crippen LogP contribution in [0.4, 0.5) is 0 Å². The molecule has 0 spiro atoms. The second-order valence-electron chi connectivity index (χ2n) is 6.57. The maximum Gasteiger partial charge on any atom is 0.191 e. The van der Waals surface area contributed by atoms with Crippen LogP contribution in [0.2, 0.25) is 0 Å². The molecule has 0 aliphatic rings. The predicted molar refractivity (Wildman–Crippen MR) is 122 cm³/mol. The highest BCUT2D eigenvalue weighted by Crippen LogP contribution is 2.29. The zero-order valence-electron chi connectivity index (χ0n) is 17.6. The van der Waals surface area contributed by atoms with Gasteiger partial charge in [0.1, 0.15) is 17.3 Å². The topological polar surface area (TPSA) is 80.9 Å². The number of aryl methyl sites for hydroxylation is 2. The summed E-state index contributed by atoms with van der Waals surface area (Å²) in [5.74, 6) is 3.41. The number of guanidine groups is 1. The van der Waals surface area contributed by atoms with Crippen molar-refractivity contribution in [2.75, 3.05) is 27.8 Å². The minimum atomic E-state index is -0.0179. The monoisotopic (exact) mass is 502 g/mol. The summed E-state index contributed by atoms with van der Waals surface area (Å²) >= 11 is 0. The van der Waals surface area contributed by atoms with E-state index in [4.69, 9.17) is 14.0 Å². The van der Waals surface area contributed by atoms with Crippen LogP contribution in [0.15, 0.2) is 27.7 Å². The molecule has 1 heterocycles. The van der Waals surface area contributed by atoms with Gasteiger partial charge in [0.05, 0.1) is 26.0 Å². The van der Waals surface area contributed by atoms with Crippen LogP contribution in [0.5, 0.6) is 11.5 Å². The van der Waals surface area contributed by atoms with E-state index in [1.54, 1.807) is 21.3 Å². The van der Waals surface area contributed by atoms with Crippen molar-refractivity contribution in [3.8, 4) is 11.5 Å². The molecule has 0 amide bonds. The van der Waals surface area contributed by atoms with E-state index in [1.165, 1.54) is 0 Å². The Bertz CT molecular complexity index is 772. The Morgan fingerprint density at radius 3 is 2.46 bits per heavy atom. The zero-order chi connectivity index (χ0) is 20.0. The third-order valence-electron chi connectivity index (χ3n) is 4.64. The SMILES string of the molecule is CN=C(NCC(C)c1c(C)noc1C)NC(C)c1cc(OC)ccc1OC.I. The number of rotatable bonds is 7. The van der Waals surface area contributed by atoms with E-state index in [0.29, 0.717) is 12.5 Å². The average Bonchev–Trinajstić information content (AvgIpc) is 3.02. The van der Waals surface area contributed by atoms with Crippen LogP contribution in [0.3, 0.4) is 0 Å². The number of nitrogens with zero attached hydrogens (tertiary/aromatic N) is 2. The fourth-order valence-corrected chi connectivity index (χ4v) is 3.20. The first-order valence-corrected chi connectivity index (χ1v) is 9.03. The number of benzene rings is 1. The number of methoxy groups -OCH3 is 2. The van der Waals surface area contributed by atoms with Gasteiger partial charge in [0.2, 0.25) is 0 Å². The van der Waals surface area contributed by atoms with E-state index in [-0.39, 0.29) is 35.9 Å². The largest absolute Gasteiger partial charge is 0.497 e. The molecule has 0 aliphatic carbocycles. The molecule has 8 heteroatoms. The first-order valence-electron chi connectivity index (χ1n) is 9.03. The standard InChI is InChI=1S/C20H30N4O3.HI/c1-12(19-14(3)24-27-15(19)4)11-22-20(21-5)23-13(2)17-10-16(25-6)8-9-18(17)26-7;/h8-10,12-13H,11H2,1-7H3,(H2,21,22,23);1H. The Morgan fingerprint density at radius 2 is 1.93 bits per heavy atom. The molecular formula is C20H31IN4O3. The summed E-state index contributed by atoms with van der Waals surface area (Å²) in [6.07, 6.45) is 0. The molecule has 0 fully saturated rings. The molecule has 2 unspecified atom stereocenters. The van der Waals surface area contributed by atoms with Crippen molar-refractivity contribution in [2.45, 2.75) is 39.7 Å². The number of aromatic nitrogens is 1. The summed E-state index contributed by atoms with van der Waals surface area (Å²) in [5.41, 5.74) is 3.07. The van der Waals surface area contributed by atoms with E-state index in [0.717, 1.165) is 34.1 Å². The van der Waals surface area contributed by atoms with Crippen LogP contribution in [-0.4, -0.2) is 38.9 Å². The number of aliphatic imine (C=N–C) groups is 1. The van der Waals surface area contributed by atoms with E-state index in [9.17, 15) is 0 Å².